The maximum absolute atomic E-state index is 13.6. The molecule has 7 nitrogen and oxygen atoms in total. The van der Waals surface area contributed by atoms with Gasteiger partial charge in [-0.15, -0.1) is 0 Å². The Bertz CT molecular complexity index is 837. The van der Waals surface area contributed by atoms with Crippen LogP contribution in [0, 0.1) is 28.3 Å². The second-order valence-corrected chi connectivity index (χ2v) is 7.21. The van der Waals surface area contributed by atoms with Gasteiger partial charge in [0.15, 0.2) is 0 Å². The van der Waals surface area contributed by atoms with Gasteiger partial charge >= 0.3 is 0 Å². The van der Waals surface area contributed by atoms with Crippen LogP contribution < -0.4 is 5.32 Å². The SMILES string of the molecule is Cc1cc(F)cc(C(=O)Nc2cc(CC(C)(C)C)nn2C)c1[N+](=O)[O-]. The quantitative estimate of drug-likeness (QED) is 0.675. The average molecular weight is 348 g/mol. The van der Waals surface area contributed by atoms with Crippen molar-refractivity contribution in [1.29, 1.82) is 0 Å². The van der Waals surface area contributed by atoms with E-state index in [9.17, 15) is 19.3 Å². The van der Waals surface area contributed by atoms with Crippen LogP contribution in [0.25, 0.3) is 0 Å². The molecule has 1 N–H and O–H groups in total. The fraction of sp³-hybridized carbons (Fsp3) is 0.412. The molecule has 134 valence electrons. The van der Waals surface area contributed by atoms with Crippen molar-refractivity contribution in [2.75, 3.05) is 5.32 Å². The average Bonchev–Trinajstić information content (AvgIpc) is 2.74. The molecule has 2 aromatic rings. The first kappa shape index (κ1) is 18.6. The topological polar surface area (TPSA) is 90.1 Å². The number of amides is 1. The Hall–Kier alpha value is -2.77. The molecule has 0 unspecified atom stereocenters. The van der Waals surface area contributed by atoms with Gasteiger partial charge in [-0.3, -0.25) is 19.6 Å². The van der Waals surface area contributed by atoms with Crippen LogP contribution in [0.4, 0.5) is 15.9 Å². The molecule has 0 atom stereocenters. The van der Waals surface area contributed by atoms with E-state index in [1.165, 1.54) is 11.6 Å². The van der Waals surface area contributed by atoms with Gasteiger partial charge in [0, 0.05) is 18.7 Å². The molecular formula is C17H21FN4O3. The number of carbonyl (C=O) groups is 1. The number of nitrogens with zero attached hydrogens (tertiary/aromatic N) is 3. The fourth-order valence-electron chi connectivity index (χ4n) is 2.61. The first-order chi connectivity index (χ1) is 11.5. The van der Waals surface area contributed by atoms with Crippen molar-refractivity contribution < 1.29 is 14.1 Å². The minimum atomic E-state index is -0.750. The number of hydrogen-bond donors (Lipinski definition) is 1. The fourth-order valence-corrected chi connectivity index (χ4v) is 2.61. The van der Waals surface area contributed by atoms with Gasteiger partial charge in [0.2, 0.25) is 0 Å². The summed E-state index contributed by atoms with van der Waals surface area (Å²) in [6, 6.07) is 3.61. The molecule has 1 aromatic heterocycles. The Balaban J connectivity index is 2.34. The third-order valence-corrected chi connectivity index (χ3v) is 3.58. The number of hydrogen-bond acceptors (Lipinski definition) is 4. The maximum atomic E-state index is 13.6. The molecule has 0 aliphatic heterocycles. The number of nitrogens with one attached hydrogen (secondary N) is 1. The van der Waals surface area contributed by atoms with Gasteiger partial charge in [-0.1, -0.05) is 20.8 Å². The highest BCUT2D eigenvalue weighted by Crippen LogP contribution is 2.26. The molecule has 25 heavy (non-hydrogen) atoms. The van der Waals surface area contributed by atoms with Crippen LogP contribution in [-0.4, -0.2) is 20.6 Å². The molecule has 1 amide bonds. The maximum Gasteiger partial charge on any atom is 0.285 e. The van der Waals surface area contributed by atoms with Gasteiger partial charge in [-0.2, -0.15) is 5.10 Å². The first-order valence-corrected chi connectivity index (χ1v) is 7.77. The van der Waals surface area contributed by atoms with Crippen LogP contribution in [0.15, 0.2) is 18.2 Å². The van der Waals surface area contributed by atoms with Crippen LogP contribution in [0.3, 0.4) is 0 Å². The molecular weight excluding hydrogens is 327 g/mol. The molecule has 2 rings (SSSR count). The van der Waals surface area contributed by atoms with E-state index >= 15 is 0 Å². The molecule has 0 bridgehead atoms. The predicted molar refractivity (Wildman–Crippen MR) is 92.1 cm³/mol. The predicted octanol–water partition coefficient (Wildman–Crippen LogP) is 3.62. The lowest BCUT2D eigenvalue weighted by atomic mass is 9.91. The Kier molecular flexibility index (Phi) is 4.92. The van der Waals surface area contributed by atoms with Crippen molar-refractivity contribution in [3.05, 3.63) is 51.0 Å². The first-order valence-electron chi connectivity index (χ1n) is 7.77. The molecule has 0 aliphatic rings. The largest absolute Gasteiger partial charge is 0.307 e. The molecule has 0 radical (unpaired) electrons. The van der Waals surface area contributed by atoms with Gasteiger partial charge in [0.25, 0.3) is 11.6 Å². The van der Waals surface area contributed by atoms with Crippen LogP contribution in [0.1, 0.15) is 42.4 Å². The number of rotatable bonds is 4. The van der Waals surface area contributed by atoms with Crippen LogP contribution in [-0.2, 0) is 13.5 Å². The number of aryl methyl sites for hydroxylation is 2. The van der Waals surface area contributed by atoms with Gasteiger partial charge < -0.3 is 5.32 Å². The summed E-state index contributed by atoms with van der Waals surface area (Å²) >= 11 is 0. The minimum Gasteiger partial charge on any atom is -0.307 e. The molecule has 1 aromatic carbocycles. The van der Waals surface area contributed by atoms with E-state index in [2.05, 4.69) is 31.2 Å². The molecule has 0 saturated carbocycles. The summed E-state index contributed by atoms with van der Waals surface area (Å²) in [4.78, 5) is 23.0. The van der Waals surface area contributed by atoms with Crippen molar-refractivity contribution in [2.24, 2.45) is 12.5 Å². The second kappa shape index (κ2) is 6.62. The smallest absolute Gasteiger partial charge is 0.285 e. The van der Waals surface area contributed by atoms with Crippen molar-refractivity contribution in [3.63, 3.8) is 0 Å². The second-order valence-electron chi connectivity index (χ2n) is 7.21. The Morgan fingerprint density at radius 2 is 2.00 bits per heavy atom. The summed E-state index contributed by atoms with van der Waals surface area (Å²) in [5.41, 5.74) is 0.175. The van der Waals surface area contributed by atoms with Gasteiger partial charge in [-0.05, 0) is 30.9 Å². The van der Waals surface area contributed by atoms with Crippen LogP contribution in [0.2, 0.25) is 0 Å². The number of anilines is 1. The van der Waals surface area contributed by atoms with Crippen LogP contribution >= 0.6 is 0 Å². The molecule has 0 aliphatic carbocycles. The van der Waals surface area contributed by atoms with E-state index in [1.54, 1.807) is 13.1 Å². The Morgan fingerprint density at radius 3 is 2.56 bits per heavy atom. The number of aromatic nitrogens is 2. The standard InChI is InChI=1S/C17H21FN4O3/c1-10-6-11(18)7-13(15(10)22(24)25)16(23)19-14-8-12(20-21(14)5)9-17(2,3)4/h6-8H,9H2,1-5H3,(H,19,23). The summed E-state index contributed by atoms with van der Waals surface area (Å²) in [6.45, 7) is 7.60. The zero-order chi connectivity index (χ0) is 18.9. The lowest BCUT2D eigenvalue weighted by molar-refractivity contribution is -0.385. The highest BCUT2D eigenvalue weighted by atomic mass is 19.1. The molecule has 8 heteroatoms. The van der Waals surface area contributed by atoms with E-state index in [0.717, 1.165) is 17.8 Å². The summed E-state index contributed by atoms with van der Waals surface area (Å²) in [6.07, 6.45) is 0.704. The number of halogens is 1. The van der Waals surface area contributed by atoms with E-state index in [1.807, 2.05) is 0 Å². The van der Waals surface area contributed by atoms with Crippen molar-refractivity contribution in [1.82, 2.24) is 9.78 Å². The monoisotopic (exact) mass is 348 g/mol. The lowest BCUT2D eigenvalue weighted by Gasteiger charge is -2.15. The minimum absolute atomic E-state index is 0.0219. The number of nitro benzene ring substituents is 1. The van der Waals surface area contributed by atoms with Crippen molar-refractivity contribution >= 4 is 17.4 Å². The molecule has 0 spiro atoms. The lowest BCUT2D eigenvalue weighted by Crippen LogP contribution is -2.17. The Labute approximate surface area is 145 Å². The van der Waals surface area contributed by atoms with Crippen LogP contribution in [0.5, 0.6) is 0 Å². The summed E-state index contributed by atoms with van der Waals surface area (Å²) in [5, 5.41) is 18.1. The van der Waals surface area contributed by atoms with Gasteiger partial charge in [0.05, 0.1) is 10.6 Å². The molecule has 1 heterocycles. The van der Waals surface area contributed by atoms with E-state index in [4.69, 9.17) is 0 Å². The molecule has 0 saturated heterocycles. The summed E-state index contributed by atoms with van der Waals surface area (Å²) in [5.74, 6) is -1.06. The zero-order valence-electron chi connectivity index (χ0n) is 14.9. The third-order valence-electron chi connectivity index (χ3n) is 3.58. The highest BCUT2D eigenvalue weighted by Gasteiger charge is 2.25. The number of nitro groups is 1. The van der Waals surface area contributed by atoms with E-state index < -0.39 is 22.3 Å². The highest BCUT2D eigenvalue weighted by molar-refractivity contribution is 6.07. The van der Waals surface area contributed by atoms with Crippen molar-refractivity contribution in [2.45, 2.75) is 34.1 Å². The normalized spacial score (nSPS) is 11.4. The number of benzene rings is 1. The van der Waals surface area contributed by atoms with E-state index in [-0.39, 0.29) is 16.5 Å². The zero-order valence-corrected chi connectivity index (χ0v) is 14.9. The summed E-state index contributed by atoms with van der Waals surface area (Å²) in [7, 11) is 1.66. The van der Waals surface area contributed by atoms with Crippen molar-refractivity contribution in [3.8, 4) is 0 Å². The number of carbonyl (C=O) groups excluding carboxylic acids is 1. The Morgan fingerprint density at radius 1 is 1.36 bits per heavy atom. The van der Waals surface area contributed by atoms with Gasteiger partial charge in [0.1, 0.15) is 17.2 Å². The molecule has 0 fully saturated rings. The third kappa shape index (κ3) is 4.40. The van der Waals surface area contributed by atoms with Gasteiger partial charge in [-0.25, -0.2) is 4.39 Å². The van der Waals surface area contributed by atoms with E-state index in [0.29, 0.717) is 12.2 Å². The summed E-state index contributed by atoms with van der Waals surface area (Å²) < 4.78 is 15.1.